The molecule has 0 aliphatic heterocycles. The Morgan fingerprint density at radius 3 is 2.29 bits per heavy atom. The van der Waals surface area contributed by atoms with Crippen molar-refractivity contribution in [1.82, 2.24) is 9.88 Å². The van der Waals surface area contributed by atoms with Crippen LogP contribution in [0.4, 0.5) is 13.2 Å². The van der Waals surface area contributed by atoms with Crippen LogP contribution in [0.3, 0.4) is 0 Å². The average Bonchev–Trinajstić information content (AvgIpc) is 2.73. The molecule has 1 amide bonds. The van der Waals surface area contributed by atoms with Gasteiger partial charge < -0.3 is 4.90 Å². The van der Waals surface area contributed by atoms with Crippen LogP contribution in [0.15, 0.2) is 60.8 Å². The molecule has 0 aliphatic rings. The van der Waals surface area contributed by atoms with Gasteiger partial charge in [-0.25, -0.2) is 4.98 Å². The summed E-state index contributed by atoms with van der Waals surface area (Å²) in [7, 11) is 1.66. The summed E-state index contributed by atoms with van der Waals surface area (Å²) in [6.07, 6.45) is -0.513. The molecule has 3 aromatic rings. The molecule has 178 valence electrons. The highest BCUT2D eigenvalue weighted by atomic mass is 35.5. The minimum Gasteiger partial charge on any atom is -0.337 e. The van der Waals surface area contributed by atoms with Crippen molar-refractivity contribution in [2.45, 2.75) is 25.6 Å². The first-order chi connectivity index (χ1) is 15.9. The van der Waals surface area contributed by atoms with Crippen LogP contribution >= 0.6 is 34.8 Å². The molecule has 0 saturated heterocycles. The summed E-state index contributed by atoms with van der Waals surface area (Å²) in [6, 6.07) is 12.2. The molecule has 0 N–H and O–H groups in total. The van der Waals surface area contributed by atoms with Crippen molar-refractivity contribution in [1.29, 1.82) is 0 Å². The number of benzene rings is 2. The maximum Gasteiger partial charge on any atom is 0.399 e. The number of alkyl halides is 3. The Labute approximate surface area is 210 Å². The lowest BCUT2D eigenvalue weighted by atomic mass is 9.96. The van der Waals surface area contributed by atoms with Gasteiger partial charge in [-0.05, 0) is 59.5 Å². The molecule has 0 aliphatic carbocycles. The Bertz CT molecular complexity index is 1190. The smallest absolute Gasteiger partial charge is 0.337 e. The van der Waals surface area contributed by atoms with Gasteiger partial charge in [0.15, 0.2) is 0 Å². The molecular formula is C25H20Cl3F3N2O. The van der Waals surface area contributed by atoms with Crippen LogP contribution in [0, 0.1) is 6.92 Å². The van der Waals surface area contributed by atoms with E-state index in [1.54, 1.807) is 50.5 Å². The van der Waals surface area contributed by atoms with E-state index in [-0.39, 0.29) is 21.5 Å². The first-order valence-corrected chi connectivity index (χ1v) is 11.2. The summed E-state index contributed by atoms with van der Waals surface area (Å²) < 4.78 is 41.1. The average molecular weight is 528 g/mol. The summed E-state index contributed by atoms with van der Waals surface area (Å²) >= 11 is 17.6. The van der Waals surface area contributed by atoms with Gasteiger partial charge in [-0.3, -0.25) is 4.79 Å². The van der Waals surface area contributed by atoms with Gasteiger partial charge in [-0.15, -0.1) is 0 Å². The molecule has 0 saturated carbocycles. The fourth-order valence-corrected chi connectivity index (χ4v) is 4.11. The van der Waals surface area contributed by atoms with Gasteiger partial charge in [0.05, 0.1) is 5.92 Å². The third-order valence-electron chi connectivity index (χ3n) is 5.11. The van der Waals surface area contributed by atoms with Crippen LogP contribution in [0.2, 0.25) is 15.2 Å². The van der Waals surface area contributed by atoms with Crippen molar-refractivity contribution in [3.05, 3.63) is 104 Å². The summed E-state index contributed by atoms with van der Waals surface area (Å²) in [6.45, 7) is 2.07. The molecule has 1 aromatic heterocycles. The van der Waals surface area contributed by atoms with Crippen LogP contribution in [0.25, 0.3) is 6.08 Å². The van der Waals surface area contributed by atoms with Crippen LogP contribution < -0.4 is 0 Å². The number of allylic oxidation sites excluding steroid dienone is 1. The molecule has 0 radical (unpaired) electrons. The van der Waals surface area contributed by atoms with Crippen molar-refractivity contribution >= 4 is 46.8 Å². The van der Waals surface area contributed by atoms with E-state index in [1.165, 1.54) is 29.2 Å². The topological polar surface area (TPSA) is 33.2 Å². The van der Waals surface area contributed by atoms with Gasteiger partial charge in [-0.1, -0.05) is 65.2 Å². The van der Waals surface area contributed by atoms with Crippen molar-refractivity contribution < 1.29 is 18.0 Å². The van der Waals surface area contributed by atoms with Gasteiger partial charge in [-0.2, -0.15) is 13.2 Å². The molecule has 1 atom stereocenters. The number of aromatic nitrogens is 1. The van der Waals surface area contributed by atoms with Gasteiger partial charge in [0.2, 0.25) is 0 Å². The quantitative estimate of drug-likeness (QED) is 0.304. The Hall–Kier alpha value is -2.54. The number of hydrogen-bond donors (Lipinski definition) is 0. The lowest BCUT2D eigenvalue weighted by molar-refractivity contribution is -0.139. The van der Waals surface area contributed by atoms with E-state index >= 15 is 0 Å². The fraction of sp³-hybridized carbons (Fsp3) is 0.200. The molecule has 2 aromatic carbocycles. The lowest BCUT2D eigenvalue weighted by Crippen LogP contribution is -2.26. The molecule has 34 heavy (non-hydrogen) atoms. The maximum atomic E-state index is 13.7. The number of aryl methyl sites for hydroxylation is 1. The zero-order chi connectivity index (χ0) is 25.0. The van der Waals surface area contributed by atoms with Crippen molar-refractivity contribution in [2.75, 3.05) is 7.05 Å². The molecule has 1 unspecified atom stereocenters. The van der Waals surface area contributed by atoms with Crippen LogP contribution in [-0.2, 0) is 6.54 Å². The van der Waals surface area contributed by atoms with Crippen LogP contribution in [0.5, 0.6) is 0 Å². The molecule has 0 fully saturated rings. The predicted octanol–water partition coefficient (Wildman–Crippen LogP) is 7.98. The van der Waals surface area contributed by atoms with Crippen molar-refractivity contribution in [3.8, 4) is 0 Å². The Balaban J connectivity index is 1.80. The van der Waals surface area contributed by atoms with Crippen LogP contribution in [-0.4, -0.2) is 29.0 Å². The second-order valence-electron chi connectivity index (χ2n) is 7.81. The fourth-order valence-electron chi connectivity index (χ4n) is 3.45. The predicted molar refractivity (Wildman–Crippen MR) is 131 cm³/mol. The minimum atomic E-state index is -4.53. The number of pyridine rings is 1. The highest BCUT2D eigenvalue weighted by molar-refractivity contribution is 6.34. The second kappa shape index (κ2) is 10.8. The molecule has 9 heteroatoms. The molecule has 0 spiro atoms. The summed E-state index contributed by atoms with van der Waals surface area (Å²) in [5.74, 6) is -2.10. The largest absolute Gasteiger partial charge is 0.399 e. The number of amides is 1. The van der Waals surface area contributed by atoms with Crippen molar-refractivity contribution in [2.24, 2.45) is 0 Å². The molecule has 1 heterocycles. The molecule has 3 rings (SSSR count). The molecule has 3 nitrogen and oxygen atoms in total. The summed E-state index contributed by atoms with van der Waals surface area (Å²) in [4.78, 5) is 18.4. The van der Waals surface area contributed by atoms with E-state index in [2.05, 4.69) is 4.98 Å². The summed E-state index contributed by atoms with van der Waals surface area (Å²) in [5, 5.41) is 0.619. The Morgan fingerprint density at radius 1 is 1.06 bits per heavy atom. The first kappa shape index (κ1) is 26.1. The third-order valence-corrected chi connectivity index (χ3v) is 5.77. The number of halogens is 6. The normalized spacial score (nSPS) is 12.7. The second-order valence-corrected chi connectivity index (χ2v) is 9.07. The zero-order valence-corrected chi connectivity index (χ0v) is 20.5. The standard InChI is InChI=1S/C25H20Cl3F3N2O/c1-15-9-16(4-7-22(25(29,30)31)18-10-19(26)12-20(27)11-18)3-6-21(15)24(34)33(2)14-17-5-8-23(28)32-13-17/h3-13,22H,14H2,1-2H3/b7-4+. The van der Waals surface area contributed by atoms with Crippen molar-refractivity contribution in [3.63, 3.8) is 0 Å². The maximum absolute atomic E-state index is 13.7. The number of carbonyl (C=O) groups is 1. The van der Waals surface area contributed by atoms with E-state index in [4.69, 9.17) is 34.8 Å². The number of rotatable bonds is 6. The van der Waals surface area contributed by atoms with E-state index in [0.29, 0.717) is 28.4 Å². The van der Waals surface area contributed by atoms with E-state index in [9.17, 15) is 18.0 Å². The van der Waals surface area contributed by atoms with E-state index in [1.807, 2.05) is 0 Å². The highest BCUT2D eigenvalue weighted by Crippen LogP contribution is 2.38. The number of nitrogens with zero attached hydrogens (tertiary/aromatic N) is 2. The SMILES string of the molecule is Cc1cc(/C=C/C(c2cc(Cl)cc(Cl)c2)C(F)(F)F)ccc1C(=O)N(C)Cc1ccc(Cl)nc1. The van der Waals surface area contributed by atoms with E-state index < -0.39 is 12.1 Å². The van der Waals surface area contributed by atoms with E-state index in [0.717, 1.165) is 11.6 Å². The Morgan fingerprint density at radius 2 is 1.74 bits per heavy atom. The minimum absolute atomic E-state index is 0.0527. The molecular weight excluding hydrogens is 508 g/mol. The summed E-state index contributed by atoms with van der Waals surface area (Å²) in [5.41, 5.74) is 2.39. The van der Waals surface area contributed by atoms with Gasteiger partial charge in [0.1, 0.15) is 5.15 Å². The lowest BCUT2D eigenvalue weighted by Gasteiger charge is -2.19. The first-order valence-electron chi connectivity index (χ1n) is 10.1. The highest BCUT2D eigenvalue weighted by Gasteiger charge is 2.39. The molecule has 0 bridgehead atoms. The monoisotopic (exact) mass is 526 g/mol. The van der Waals surface area contributed by atoms with Gasteiger partial charge in [0, 0.05) is 35.4 Å². The number of hydrogen-bond acceptors (Lipinski definition) is 2. The Kier molecular flexibility index (Phi) is 8.29. The third kappa shape index (κ3) is 6.75. The van der Waals surface area contributed by atoms with Gasteiger partial charge >= 0.3 is 6.18 Å². The number of carbonyl (C=O) groups excluding carboxylic acids is 1. The van der Waals surface area contributed by atoms with Gasteiger partial charge in [0.25, 0.3) is 5.91 Å². The zero-order valence-electron chi connectivity index (χ0n) is 18.2. The van der Waals surface area contributed by atoms with Crippen LogP contribution in [0.1, 0.15) is 38.5 Å².